The van der Waals surface area contributed by atoms with E-state index in [-0.39, 0.29) is 63.7 Å². The number of pyridine rings is 1. The van der Waals surface area contributed by atoms with Crippen molar-refractivity contribution in [1.29, 1.82) is 0 Å². The molecule has 7 aromatic carbocycles. The van der Waals surface area contributed by atoms with Gasteiger partial charge in [0.25, 0.3) is 0 Å². The van der Waals surface area contributed by atoms with Gasteiger partial charge in [0.15, 0.2) is 0 Å². The van der Waals surface area contributed by atoms with Crippen LogP contribution in [0.5, 0.6) is 5.75 Å². The molecule has 1 N–H and O–H groups in total. The van der Waals surface area contributed by atoms with Gasteiger partial charge in [0.2, 0.25) is 0 Å². The molecule has 0 aliphatic heterocycles. The van der Waals surface area contributed by atoms with Gasteiger partial charge in [-0.15, -0.1) is 0 Å². The molecule has 4 nitrogen and oxygen atoms in total. The molecule has 0 spiro atoms. The molecule has 0 unspecified atom stereocenters. The topological polar surface area (TPSA) is 50.9 Å². The Bertz CT molecular complexity index is 3770. The molecule has 0 bridgehead atoms. The summed E-state index contributed by atoms with van der Waals surface area (Å²) in [5.41, 5.74) is 14.4. The van der Waals surface area contributed by atoms with Gasteiger partial charge in [-0.05, 0) is 156 Å². The summed E-state index contributed by atoms with van der Waals surface area (Å²) in [6, 6.07) is 42.8. The first-order valence-corrected chi connectivity index (χ1v) is 24.9. The predicted molar refractivity (Wildman–Crippen MR) is 302 cm³/mol. The first-order chi connectivity index (χ1) is 36.5. The zero-order valence-corrected chi connectivity index (χ0v) is 43.6. The zero-order valence-electron chi connectivity index (χ0n) is 50.6. The van der Waals surface area contributed by atoms with Crippen molar-refractivity contribution in [2.24, 2.45) is 0 Å². The quantitative estimate of drug-likeness (QED) is 0.157. The molecule has 0 radical (unpaired) electrons. The fourth-order valence-corrected chi connectivity index (χ4v) is 9.67. The van der Waals surface area contributed by atoms with Crippen LogP contribution >= 0.6 is 0 Å². The van der Waals surface area contributed by atoms with Crippen LogP contribution in [0.15, 0.2) is 158 Å². The van der Waals surface area contributed by atoms with Gasteiger partial charge in [-0.1, -0.05) is 193 Å². The van der Waals surface area contributed by atoms with Gasteiger partial charge in [-0.2, -0.15) is 0 Å². The summed E-state index contributed by atoms with van der Waals surface area (Å²) < 4.78 is 63.1. The molecule has 2 heterocycles. The molecule has 0 atom stereocenters. The van der Waals surface area contributed by atoms with Crippen LogP contribution in [0.2, 0.25) is 0 Å². The maximum absolute atomic E-state index is 12.4. The molecule has 4 heteroatoms. The summed E-state index contributed by atoms with van der Waals surface area (Å²) >= 11 is 0. The Balaban J connectivity index is 1.28. The Morgan fingerprint density at radius 3 is 1.93 bits per heavy atom. The maximum atomic E-state index is 12.4. The summed E-state index contributed by atoms with van der Waals surface area (Å²) in [6.07, 6.45) is 1.61. The van der Waals surface area contributed by atoms with E-state index >= 15 is 0 Å². The molecule has 9 rings (SSSR count). The van der Waals surface area contributed by atoms with Crippen LogP contribution in [0.3, 0.4) is 0 Å². The van der Waals surface area contributed by atoms with Gasteiger partial charge in [-0.25, -0.2) is 4.98 Å². The van der Waals surface area contributed by atoms with Gasteiger partial charge < -0.3 is 5.11 Å². The minimum absolute atomic E-state index is 0.0422. The molecule has 71 heavy (non-hydrogen) atoms. The number of para-hydroxylation sites is 1. The fraction of sp³-hybridized carbons (Fsp3) is 0.284. The van der Waals surface area contributed by atoms with Crippen molar-refractivity contribution in [1.82, 2.24) is 14.5 Å². The van der Waals surface area contributed by atoms with Crippen LogP contribution in [-0.4, -0.2) is 19.6 Å². The smallest absolute Gasteiger partial charge is 0.149 e. The van der Waals surface area contributed by atoms with Crippen molar-refractivity contribution in [3.8, 4) is 78.6 Å². The lowest BCUT2D eigenvalue weighted by atomic mass is 9.78. The average molecular weight is 941 g/mol. The Labute approximate surface area is 433 Å². The Kier molecular flexibility index (Phi) is 10.7. The highest BCUT2D eigenvalue weighted by Gasteiger charge is 2.27. The van der Waals surface area contributed by atoms with E-state index in [4.69, 9.17) is 19.6 Å². The number of aromatic hydroxyl groups is 1. The SMILES string of the molecule is [2H]c1c([2H])c(C(C)(C)C([2H])([2H])[2H])c([2H])c([2H])c1-c1ccnc(-c2cc(-c3cccc4c3nc(-c3cc(C(C)C)cc(C(C)C)c3O)n4-c3ccc(-c4c(-c5ccccc5)cccc4C(C)(C)C)cc3C)cc(C(C)(C)C)c2)c1. The lowest BCUT2D eigenvalue weighted by molar-refractivity contribution is 0.466. The number of imidazole rings is 1. The van der Waals surface area contributed by atoms with E-state index in [0.717, 1.165) is 66.8 Å². The summed E-state index contributed by atoms with van der Waals surface area (Å²) in [4.78, 5) is 10.5. The molecule has 0 amide bonds. The van der Waals surface area contributed by atoms with E-state index in [0.29, 0.717) is 22.6 Å². The van der Waals surface area contributed by atoms with E-state index in [1.807, 2.05) is 0 Å². The molecule has 2 aromatic heterocycles. The normalized spacial score (nSPS) is 14.0. The van der Waals surface area contributed by atoms with Gasteiger partial charge in [-0.3, -0.25) is 9.55 Å². The minimum atomic E-state index is -2.57. The Morgan fingerprint density at radius 2 is 1.27 bits per heavy atom. The molecule has 0 aliphatic rings. The number of aryl methyl sites for hydroxylation is 1. The third-order valence-electron chi connectivity index (χ3n) is 13.8. The highest BCUT2D eigenvalue weighted by atomic mass is 16.3. The molecular formula is C67H71N3O. The third kappa shape index (κ3) is 9.62. The van der Waals surface area contributed by atoms with Gasteiger partial charge in [0.1, 0.15) is 11.6 Å². The number of benzene rings is 7. The monoisotopic (exact) mass is 941 g/mol. The minimum Gasteiger partial charge on any atom is -0.507 e. The van der Waals surface area contributed by atoms with Crippen LogP contribution in [0, 0.1) is 6.92 Å². The maximum Gasteiger partial charge on any atom is 0.149 e. The van der Waals surface area contributed by atoms with Crippen molar-refractivity contribution < 1.29 is 14.7 Å². The van der Waals surface area contributed by atoms with Gasteiger partial charge >= 0.3 is 0 Å². The fourth-order valence-electron chi connectivity index (χ4n) is 9.67. The lowest BCUT2D eigenvalue weighted by Crippen LogP contribution is -2.13. The number of phenolic OH excluding ortho intramolecular Hbond substituents is 1. The second-order valence-electron chi connectivity index (χ2n) is 22.5. The summed E-state index contributed by atoms with van der Waals surface area (Å²) in [5.74, 6) is 1.04. The first kappa shape index (κ1) is 40.7. The molecule has 0 saturated carbocycles. The third-order valence-corrected chi connectivity index (χ3v) is 13.8. The molecule has 9 aromatic rings. The van der Waals surface area contributed by atoms with E-state index < -0.39 is 12.3 Å². The van der Waals surface area contributed by atoms with Crippen molar-refractivity contribution in [3.05, 3.63) is 191 Å². The molecule has 0 fully saturated rings. The Morgan fingerprint density at radius 1 is 0.563 bits per heavy atom. The number of rotatable bonds is 9. The van der Waals surface area contributed by atoms with Crippen molar-refractivity contribution >= 4 is 11.0 Å². The van der Waals surface area contributed by atoms with Crippen molar-refractivity contribution in [3.63, 3.8) is 0 Å². The highest BCUT2D eigenvalue weighted by Crippen LogP contribution is 2.46. The zero-order chi connectivity index (χ0) is 56.7. The van der Waals surface area contributed by atoms with Crippen LogP contribution in [0.25, 0.3) is 83.9 Å². The summed E-state index contributed by atoms with van der Waals surface area (Å²) in [6.45, 7) is 24.3. The van der Waals surface area contributed by atoms with Gasteiger partial charge in [0.05, 0.1) is 33.5 Å². The summed E-state index contributed by atoms with van der Waals surface area (Å²) in [5, 5.41) is 12.4. The van der Waals surface area contributed by atoms with Crippen LogP contribution in [0.4, 0.5) is 0 Å². The van der Waals surface area contributed by atoms with Crippen molar-refractivity contribution in [2.75, 3.05) is 0 Å². The molecule has 0 saturated heterocycles. The van der Waals surface area contributed by atoms with Crippen LogP contribution < -0.4 is 0 Å². The second-order valence-corrected chi connectivity index (χ2v) is 22.5. The molecule has 0 aliphatic carbocycles. The highest BCUT2D eigenvalue weighted by molar-refractivity contribution is 5.97. The number of nitrogens with zero attached hydrogens (tertiary/aromatic N) is 3. The van der Waals surface area contributed by atoms with E-state index in [1.165, 1.54) is 30.5 Å². The number of hydrogen-bond donors (Lipinski definition) is 1. The van der Waals surface area contributed by atoms with Crippen molar-refractivity contribution in [2.45, 2.75) is 125 Å². The number of fused-ring (bicyclic) bond motifs is 1. The number of aromatic nitrogens is 3. The standard InChI is InChI=1S/C67H71N3O/c1-41(2)48-38-55(42(3)4)63(71)56(39-48)64-69-62-54(49-35-50(37-52(36-49)66(9,10)11)58-40-46(32-33-68-58)44-26-29-51(30-27-44)65(6,7)8)23-19-25-60(62)70(64)59-31-28-47(34-43(59)5)61-53(45-20-16-15-17-21-45)22-18-24-57(61)67(12,13)14/h15-42,71H,1-14H3/i6D3,26D,27D,29D,30D. The number of hydrogen-bond acceptors (Lipinski definition) is 3. The molecular weight excluding hydrogens is 863 g/mol. The lowest BCUT2D eigenvalue weighted by Gasteiger charge is -2.26. The molecule has 360 valence electrons. The average Bonchev–Trinajstić information content (AvgIpc) is 3.84. The number of phenols is 1. The van der Waals surface area contributed by atoms with Crippen LogP contribution in [-0.2, 0) is 16.2 Å². The van der Waals surface area contributed by atoms with E-state index in [2.05, 4.69) is 196 Å². The van der Waals surface area contributed by atoms with E-state index in [1.54, 1.807) is 18.3 Å². The largest absolute Gasteiger partial charge is 0.507 e. The second kappa shape index (κ2) is 18.6. The van der Waals surface area contributed by atoms with Gasteiger partial charge in [0, 0.05) is 21.4 Å². The van der Waals surface area contributed by atoms with E-state index in [9.17, 15) is 5.11 Å². The van der Waals surface area contributed by atoms with Crippen LogP contribution in [0.1, 0.15) is 145 Å². The Hall–Kier alpha value is -7.04. The first-order valence-electron chi connectivity index (χ1n) is 28.4. The predicted octanol–water partition coefficient (Wildman–Crippen LogP) is 18.6. The summed E-state index contributed by atoms with van der Waals surface area (Å²) in [7, 11) is 0.